The Morgan fingerprint density at radius 1 is 1.37 bits per heavy atom. The van der Waals surface area contributed by atoms with Crippen LogP contribution in [0.15, 0.2) is 29.2 Å². The molecule has 5 nitrogen and oxygen atoms in total. The van der Waals surface area contributed by atoms with E-state index >= 15 is 0 Å². The van der Waals surface area contributed by atoms with Gasteiger partial charge in [0.15, 0.2) is 0 Å². The molecule has 6 heteroatoms. The lowest BCUT2D eigenvalue weighted by Gasteiger charge is -2.12. The Morgan fingerprint density at radius 2 is 2.00 bits per heavy atom. The lowest BCUT2D eigenvalue weighted by molar-refractivity contribution is 0.0596. The van der Waals surface area contributed by atoms with Crippen LogP contribution in [0.5, 0.6) is 0 Å². The minimum absolute atomic E-state index is 0.0360. The molecule has 1 aliphatic rings. The van der Waals surface area contributed by atoms with Gasteiger partial charge in [-0.3, -0.25) is 0 Å². The fraction of sp³-hybridized carbons (Fsp3) is 0.462. The molecule has 0 saturated heterocycles. The molecule has 2 rings (SSSR count). The van der Waals surface area contributed by atoms with Gasteiger partial charge in [-0.1, -0.05) is 19.1 Å². The fourth-order valence-electron chi connectivity index (χ4n) is 1.72. The van der Waals surface area contributed by atoms with Gasteiger partial charge in [0.25, 0.3) is 0 Å². The summed E-state index contributed by atoms with van der Waals surface area (Å²) in [6.45, 7) is 2.42. The first-order chi connectivity index (χ1) is 8.88. The van der Waals surface area contributed by atoms with E-state index in [1.165, 1.54) is 19.2 Å². The number of sulfonamides is 1. The molecule has 1 aliphatic carbocycles. The molecule has 104 valence electrons. The normalized spacial score (nSPS) is 16.9. The zero-order chi connectivity index (χ0) is 14.1. The van der Waals surface area contributed by atoms with Crippen LogP contribution in [0.1, 0.15) is 30.1 Å². The van der Waals surface area contributed by atoms with Crippen molar-refractivity contribution in [2.24, 2.45) is 5.41 Å². The van der Waals surface area contributed by atoms with E-state index in [2.05, 4.69) is 9.46 Å². The highest BCUT2D eigenvalue weighted by Crippen LogP contribution is 2.44. The molecular weight excluding hydrogens is 266 g/mol. The summed E-state index contributed by atoms with van der Waals surface area (Å²) < 4.78 is 31.6. The van der Waals surface area contributed by atoms with Crippen LogP contribution in [0.2, 0.25) is 0 Å². The average molecular weight is 283 g/mol. The molecule has 1 aromatic carbocycles. The van der Waals surface area contributed by atoms with Crippen LogP contribution in [-0.4, -0.2) is 28.0 Å². The van der Waals surface area contributed by atoms with Crippen molar-refractivity contribution in [3.8, 4) is 0 Å². The van der Waals surface area contributed by atoms with Crippen molar-refractivity contribution in [2.75, 3.05) is 13.7 Å². The van der Waals surface area contributed by atoms with Crippen LogP contribution in [0, 0.1) is 5.41 Å². The lowest BCUT2D eigenvalue weighted by atomic mass is 10.2. The first-order valence-corrected chi connectivity index (χ1v) is 7.53. The van der Waals surface area contributed by atoms with E-state index in [1.54, 1.807) is 12.1 Å². The molecule has 0 atom stereocenters. The number of ether oxygens (including phenoxy) is 1. The molecule has 0 aromatic heterocycles. The second-order valence-corrected chi connectivity index (χ2v) is 6.86. The number of hydrogen-bond acceptors (Lipinski definition) is 4. The molecule has 0 unspecified atom stereocenters. The lowest BCUT2D eigenvalue weighted by Crippen LogP contribution is -2.30. The van der Waals surface area contributed by atoms with Gasteiger partial charge in [0.2, 0.25) is 10.0 Å². The molecular formula is C13H17NO4S. The van der Waals surface area contributed by atoms with Crippen molar-refractivity contribution in [3.63, 3.8) is 0 Å². The summed E-state index contributed by atoms with van der Waals surface area (Å²) in [5.41, 5.74) is 0.117. The zero-order valence-corrected chi connectivity index (χ0v) is 11.8. The summed E-state index contributed by atoms with van der Waals surface area (Å²) >= 11 is 0. The van der Waals surface area contributed by atoms with Crippen LogP contribution in [0.4, 0.5) is 0 Å². The summed E-state index contributed by atoms with van der Waals surface area (Å²) in [5, 5.41) is 0. The van der Waals surface area contributed by atoms with Crippen LogP contribution < -0.4 is 4.72 Å². The quantitative estimate of drug-likeness (QED) is 0.832. The van der Waals surface area contributed by atoms with E-state index in [0.717, 1.165) is 12.8 Å². The maximum absolute atomic E-state index is 12.2. The predicted octanol–water partition coefficient (Wildman–Crippen LogP) is 1.55. The minimum atomic E-state index is -3.69. The number of rotatable bonds is 5. The van der Waals surface area contributed by atoms with Crippen molar-refractivity contribution in [3.05, 3.63) is 29.8 Å². The summed E-state index contributed by atoms with van der Waals surface area (Å²) in [7, 11) is -2.46. The van der Waals surface area contributed by atoms with E-state index in [-0.39, 0.29) is 15.9 Å². The van der Waals surface area contributed by atoms with Crippen molar-refractivity contribution >= 4 is 16.0 Å². The molecule has 1 saturated carbocycles. The van der Waals surface area contributed by atoms with Gasteiger partial charge in [-0.05, 0) is 30.4 Å². The van der Waals surface area contributed by atoms with Crippen LogP contribution in [0.3, 0.4) is 0 Å². The van der Waals surface area contributed by atoms with E-state index < -0.39 is 16.0 Å². The number of esters is 1. The number of hydrogen-bond donors (Lipinski definition) is 1. The van der Waals surface area contributed by atoms with Gasteiger partial charge in [0.05, 0.1) is 17.6 Å². The Bertz CT molecular complexity index is 590. The maximum Gasteiger partial charge on any atom is 0.339 e. The highest BCUT2D eigenvalue weighted by Gasteiger charge is 2.38. The topological polar surface area (TPSA) is 72.5 Å². The summed E-state index contributed by atoms with van der Waals surface area (Å²) in [4.78, 5) is 11.5. The fourth-order valence-corrected chi connectivity index (χ4v) is 3.11. The molecule has 0 spiro atoms. The Kier molecular flexibility index (Phi) is 3.64. The zero-order valence-electron chi connectivity index (χ0n) is 11.0. The molecule has 0 heterocycles. The van der Waals surface area contributed by atoms with Gasteiger partial charge in [-0.2, -0.15) is 0 Å². The SMILES string of the molecule is COC(=O)c1ccccc1S(=O)(=O)NCC1(C)CC1. The Labute approximate surface area is 113 Å². The van der Waals surface area contributed by atoms with Crippen molar-refractivity contribution in [1.29, 1.82) is 0 Å². The number of carbonyl (C=O) groups excluding carboxylic acids is 1. The van der Waals surface area contributed by atoms with Gasteiger partial charge < -0.3 is 4.74 Å². The van der Waals surface area contributed by atoms with E-state index in [1.807, 2.05) is 6.92 Å². The first-order valence-electron chi connectivity index (χ1n) is 6.05. The molecule has 1 N–H and O–H groups in total. The summed E-state index contributed by atoms with van der Waals surface area (Å²) in [5.74, 6) is -0.654. The Balaban J connectivity index is 2.26. The molecule has 0 bridgehead atoms. The largest absolute Gasteiger partial charge is 0.465 e. The van der Waals surface area contributed by atoms with Crippen LogP contribution >= 0.6 is 0 Å². The van der Waals surface area contributed by atoms with Crippen LogP contribution in [-0.2, 0) is 14.8 Å². The van der Waals surface area contributed by atoms with E-state index in [4.69, 9.17) is 0 Å². The number of benzene rings is 1. The van der Waals surface area contributed by atoms with Gasteiger partial charge in [-0.25, -0.2) is 17.9 Å². The third-order valence-electron chi connectivity index (χ3n) is 3.37. The smallest absolute Gasteiger partial charge is 0.339 e. The third-order valence-corrected chi connectivity index (χ3v) is 4.83. The third kappa shape index (κ3) is 3.13. The average Bonchev–Trinajstić information content (AvgIpc) is 3.14. The second kappa shape index (κ2) is 4.94. The predicted molar refractivity (Wildman–Crippen MR) is 70.3 cm³/mol. The van der Waals surface area contributed by atoms with Gasteiger partial charge >= 0.3 is 5.97 Å². The number of nitrogens with one attached hydrogen (secondary N) is 1. The van der Waals surface area contributed by atoms with Crippen LogP contribution in [0.25, 0.3) is 0 Å². The number of carbonyl (C=O) groups is 1. The van der Waals surface area contributed by atoms with Gasteiger partial charge in [0, 0.05) is 6.54 Å². The van der Waals surface area contributed by atoms with Crippen molar-refractivity contribution in [1.82, 2.24) is 4.72 Å². The molecule has 0 radical (unpaired) electrons. The Hall–Kier alpha value is -1.40. The summed E-state index contributed by atoms with van der Waals surface area (Å²) in [6, 6.07) is 6.04. The molecule has 19 heavy (non-hydrogen) atoms. The van der Waals surface area contributed by atoms with E-state index in [0.29, 0.717) is 6.54 Å². The van der Waals surface area contributed by atoms with E-state index in [9.17, 15) is 13.2 Å². The molecule has 0 aliphatic heterocycles. The van der Waals surface area contributed by atoms with Crippen molar-refractivity contribution in [2.45, 2.75) is 24.7 Å². The monoisotopic (exact) mass is 283 g/mol. The number of methoxy groups -OCH3 is 1. The molecule has 1 fully saturated rings. The van der Waals surface area contributed by atoms with Gasteiger partial charge in [-0.15, -0.1) is 0 Å². The highest BCUT2D eigenvalue weighted by molar-refractivity contribution is 7.89. The van der Waals surface area contributed by atoms with Crippen molar-refractivity contribution < 1.29 is 17.9 Å². The highest BCUT2D eigenvalue weighted by atomic mass is 32.2. The standard InChI is InChI=1S/C13H17NO4S/c1-13(7-8-13)9-14-19(16,17)11-6-4-3-5-10(11)12(15)18-2/h3-6,14H,7-9H2,1-2H3. The first kappa shape index (κ1) is 14.0. The van der Waals surface area contributed by atoms with Gasteiger partial charge in [0.1, 0.15) is 0 Å². The molecule has 0 amide bonds. The second-order valence-electron chi connectivity index (χ2n) is 5.12. The molecule has 1 aromatic rings. The minimum Gasteiger partial charge on any atom is -0.465 e. The maximum atomic E-state index is 12.2. The Morgan fingerprint density at radius 3 is 2.58 bits per heavy atom. The summed E-state index contributed by atoms with van der Waals surface area (Å²) in [6.07, 6.45) is 2.04.